The average Bonchev–Trinajstić information content (AvgIpc) is 2.59. The minimum atomic E-state index is -2.57. The van der Waals surface area contributed by atoms with E-state index in [1.165, 1.54) is 6.20 Å². The molecule has 1 heterocycles. The minimum Gasteiger partial charge on any atom is -0.396 e. The number of nitrogens with two attached hydrogens (primary N) is 1. The van der Waals surface area contributed by atoms with Crippen LogP contribution in [0, 0.1) is 0 Å². The van der Waals surface area contributed by atoms with E-state index in [0.717, 1.165) is 17.5 Å². The van der Waals surface area contributed by atoms with E-state index in [2.05, 4.69) is 10.4 Å². The lowest BCUT2D eigenvalue weighted by atomic mass is 10.3. The zero-order valence-electron chi connectivity index (χ0n) is 9.62. The quantitative estimate of drug-likeness (QED) is 0.742. The molecule has 0 aromatic carbocycles. The van der Waals surface area contributed by atoms with E-state index >= 15 is 0 Å². The maximum atomic E-state index is 12.2. The molecule has 0 fully saturated rings. The summed E-state index contributed by atoms with van der Waals surface area (Å²) in [7, 11) is 0. The van der Waals surface area contributed by atoms with Gasteiger partial charge in [0.2, 0.25) is 0 Å². The summed E-state index contributed by atoms with van der Waals surface area (Å²) < 4.78 is 25.4. The van der Waals surface area contributed by atoms with Crippen molar-refractivity contribution < 1.29 is 13.6 Å². The number of nitrogens with zero attached hydrogens (tertiary/aromatic N) is 2. The monoisotopic (exact) mass is 246 g/mol. The summed E-state index contributed by atoms with van der Waals surface area (Å²) >= 11 is 0. The summed E-state index contributed by atoms with van der Waals surface area (Å²) in [5.41, 5.74) is 5.65. The molecular formula is C10H16F2N4O. The van der Waals surface area contributed by atoms with E-state index in [4.69, 9.17) is 5.73 Å². The number of hydrogen-bond acceptors (Lipinski definition) is 3. The van der Waals surface area contributed by atoms with Gasteiger partial charge in [-0.15, -0.1) is 0 Å². The van der Waals surface area contributed by atoms with Crippen LogP contribution in [0.15, 0.2) is 6.20 Å². The van der Waals surface area contributed by atoms with Gasteiger partial charge in [0.25, 0.3) is 12.3 Å². The van der Waals surface area contributed by atoms with E-state index < -0.39 is 18.9 Å². The number of aromatic nitrogens is 2. The molecule has 96 valence electrons. The highest BCUT2D eigenvalue weighted by atomic mass is 19.3. The zero-order chi connectivity index (χ0) is 12.8. The van der Waals surface area contributed by atoms with Crippen molar-refractivity contribution in [2.24, 2.45) is 0 Å². The lowest BCUT2D eigenvalue weighted by molar-refractivity contribution is 0.0924. The Balaban J connectivity index is 2.73. The Bertz CT molecular complexity index is 378. The van der Waals surface area contributed by atoms with Gasteiger partial charge in [-0.05, 0) is 6.42 Å². The van der Waals surface area contributed by atoms with Crippen LogP contribution < -0.4 is 11.1 Å². The lowest BCUT2D eigenvalue weighted by Gasteiger charge is -2.08. The highest BCUT2D eigenvalue weighted by Crippen LogP contribution is 2.12. The highest BCUT2D eigenvalue weighted by molar-refractivity contribution is 5.97. The Morgan fingerprint density at radius 2 is 2.35 bits per heavy atom. The van der Waals surface area contributed by atoms with Crippen LogP contribution in [0.5, 0.6) is 0 Å². The fraction of sp³-hybridized carbons (Fsp3) is 0.600. The maximum Gasteiger partial charge on any atom is 0.271 e. The third-order valence-corrected chi connectivity index (χ3v) is 2.21. The van der Waals surface area contributed by atoms with Crippen molar-refractivity contribution in [2.75, 3.05) is 12.3 Å². The number of alkyl halides is 2. The van der Waals surface area contributed by atoms with Gasteiger partial charge in [-0.25, -0.2) is 8.78 Å². The smallest absolute Gasteiger partial charge is 0.271 e. The summed E-state index contributed by atoms with van der Waals surface area (Å²) in [4.78, 5) is 11.7. The first kappa shape index (κ1) is 13.4. The van der Waals surface area contributed by atoms with E-state index in [1.807, 2.05) is 6.92 Å². The van der Waals surface area contributed by atoms with Crippen molar-refractivity contribution in [3.63, 3.8) is 0 Å². The summed E-state index contributed by atoms with van der Waals surface area (Å²) in [5.74, 6) is -0.464. The molecule has 1 aromatic rings. The first-order valence-electron chi connectivity index (χ1n) is 5.43. The number of carbonyl (C=O) groups excluding carboxylic acids is 1. The van der Waals surface area contributed by atoms with Crippen LogP contribution in [0.4, 0.5) is 14.5 Å². The molecule has 0 atom stereocenters. The number of anilines is 1. The van der Waals surface area contributed by atoms with Crippen molar-refractivity contribution in [3.8, 4) is 0 Å². The molecule has 5 nitrogen and oxygen atoms in total. The van der Waals surface area contributed by atoms with Crippen LogP contribution in [-0.2, 0) is 6.54 Å². The van der Waals surface area contributed by atoms with Gasteiger partial charge < -0.3 is 11.1 Å². The van der Waals surface area contributed by atoms with Gasteiger partial charge in [-0.3, -0.25) is 9.48 Å². The second kappa shape index (κ2) is 6.17. The van der Waals surface area contributed by atoms with Crippen LogP contribution in [0.1, 0.15) is 30.3 Å². The maximum absolute atomic E-state index is 12.2. The average molecular weight is 246 g/mol. The Kier molecular flexibility index (Phi) is 4.86. The SMILES string of the molecule is CCCCNC(=O)c1c(N)cnn1CC(F)F. The Labute approximate surface area is 98.0 Å². The fourth-order valence-electron chi connectivity index (χ4n) is 1.38. The molecular weight excluding hydrogens is 230 g/mol. The van der Waals surface area contributed by atoms with Crippen LogP contribution in [0.25, 0.3) is 0 Å². The van der Waals surface area contributed by atoms with Gasteiger partial charge in [0.05, 0.1) is 11.9 Å². The molecule has 1 rings (SSSR count). The predicted molar refractivity (Wildman–Crippen MR) is 59.9 cm³/mol. The number of rotatable bonds is 6. The van der Waals surface area contributed by atoms with Gasteiger partial charge >= 0.3 is 0 Å². The number of unbranched alkanes of at least 4 members (excludes halogenated alkanes) is 1. The van der Waals surface area contributed by atoms with Crippen molar-refractivity contribution in [2.45, 2.75) is 32.7 Å². The summed E-state index contributed by atoms with van der Waals surface area (Å²) in [6, 6.07) is 0. The van der Waals surface area contributed by atoms with Gasteiger partial charge in [-0.1, -0.05) is 13.3 Å². The number of hydrogen-bond donors (Lipinski definition) is 2. The molecule has 1 amide bonds. The normalized spacial score (nSPS) is 10.8. The summed E-state index contributed by atoms with van der Waals surface area (Å²) in [6.07, 6.45) is 0.397. The Morgan fingerprint density at radius 1 is 1.65 bits per heavy atom. The molecule has 0 saturated heterocycles. The molecule has 0 aliphatic heterocycles. The molecule has 0 spiro atoms. The van der Waals surface area contributed by atoms with Crippen molar-refractivity contribution in [1.29, 1.82) is 0 Å². The Morgan fingerprint density at radius 3 is 2.94 bits per heavy atom. The standard InChI is InChI=1S/C10H16F2N4O/c1-2-3-4-14-10(17)9-7(13)5-15-16(9)6-8(11)12/h5,8H,2-4,6,13H2,1H3,(H,14,17). The lowest BCUT2D eigenvalue weighted by Crippen LogP contribution is -2.28. The summed E-state index contributed by atoms with van der Waals surface area (Å²) in [6.45, 7) is 1.85. The van der Waals surface area contributed by atoms with Gasteiger partial charge in [0.1, 0.15) is 12.2 Å². The van der Waals surface area contributed by atoms with E-state index in [9.17, 15) is 13.6 Å². The fourth-order valence-corrected chi connectivity index (χ4v) is 1.38. The van der Waals surface area contributed by atoms with E-state index in [-0.39, 0.29) is 11.4 Å². The number of amides is 1. The molecule has 17 heavy (non-hydrogen) atoms. The molecule has 0 aliphatic carbocycles. The van der Waals surface area contributed by atoms with Crippen LogP contribution in [0.2, 0.25) is 0 Å². The zero-order valence-corrected chi connectivity index (χ0v) is 9.62. The molecule has 1 aromatic heterocycles. The van der Waals surface area contributed by atoms with Crippen molar-refractivity contribution in [3.05, 3.63) is 11.9 Å². The number of nitrogen functional groups attached to an aromatic ring is 1. The van der Waals surface area contributed by atoms with Crippen LogP contribution in [0.3, 0.4) is 0 Å². The number of nitrogens with one attached hydrogen (secondary N) is 1. The molecule has 0 radical (unpaired) electrons. The molecule has 7 heteroatoms. The second-order valence-electron chi connectivity index (χ2n) is 3.63. The third-order valence-electron chi connectivity index (χ3n) is 2.21. The molecule has 0 bridgehead atoms. The summed E-state index contributed by atoms with van der Waals surface area (Å²) in [5, 5.41) is 6.27. The molecule has 3 N–H and O–H groups in total. The predicted octanol–water partition coefficient (Wildman–Crippen LogP) is 1.26. The van der Waals surface area contributed by atoms with Crippen LogP contribution in [-0.4, -0.2) is 28.7 Å². The molecule has 0 saturated carbocycles. The van der Waals surface area contributed by atoms with Crippen molar-refractivity contribution in [1.82, 2.24) is 15.1 Å². The molecule has 0 unspecified atom stereocenters. The number of carbonyl (C=O) groups is 1. The molecule has 0 aliphatic rings. The largest absolute Gasteiger partial charge is 0.396 e. The highest BCUT2D eigenvalue weighted by Gasteiger charge is 2.18. The van der Waals surface area contributed by atoms with Gasteiger partial charge in [0, 0.05) is 6.54 Å². The minimum absolute atomic E-state index is 0.00130. The van der Waals surface area contributed by atoms with Gasteiger partial charge in [0.15, 0.2) is 0 Å². The second-order valence-corrected chi connectivity index (χ2v) is 3.63. The van der Waals surface area contributed by atoms with E-state index in [1.54, 1.807) is 0 Å². The van der Waals surface area contributed by atoms with Gasteiger partial charge in [-0.2, -0.15) is 5.10 Å². The number of halogens is 2. The third kappa shape index (κ3) is 3.69. The topological polar surface area (TPSA) is 72.9 Å². The van der Waals surface area contributed by atoms with Crippen LogP contribution >= 0.6 is 0 Å². The first-order chi connectivity index (χ1) is 8.06. The van der Waals surface area contributed by atoms with Crippen molar-refractivity contribution >= 4 is 11.6 Å². The Hall–Kier alpha value is -1.66. The van der Waals surface area contributed by atoms with E-state index in [0.29, 0.717) is 6.54 Å². The first-order valence-corrected chi connectivity index (χ1v) is 5.43.